The second-order valence-corrected chi connectivity index (χ2v) is 6.73. The largest absolute Gasteiger partial charge is 0.375 e. The highest BCUT2D eigenvalue weighted by Crippen LogP contribution is 2.26. The first-order chi connectivity index (χ1) is 11.9. The second kappa shape index (κ2) is 8.89. The van der Waals surface area contributed by atoms with E-state index in [1.165, 1.54) is 7.11 Å². The van der Waals surface area contributed by atoms with Crippen LogP contribution in [-0.4, -0.2) is 72.5 Å². The van der Waals surface area contributed by atoms with E-state index in [2.05, 4.69) is 9.97 Å². The maximum atomic E-state index is 12.1. The number of hydrogen-bond acceptors (Lipinski definition) is 5. The third-order valence-electron chi connectivity index (χ3n) is 4.46. The fourth-order valence-electron chi connectivity index (χ4n) is 3.11. The van der Waals surface area contributed by atoms with Crippen molar-refractivity contribution in [2.45, 2.75) is 38.5 Å². The Morgan fingerprint density at radius 3 is 2.80 bits per heavy atom. The Morgan fingerprint density at radius 2 is 2.12 bits per heavy atom. The molecule has 7 heteroatoms. The number of methoxy groups -OCH3 is 1. The lowest BCUT2D eigenvalue weighted by Gasteiger charge is -2.32. The molecule has 1 aromatic heterocycles. The van der Waals surface area contributed by atoms with E-state index in [0.717, 1.165) is 30.8 Å². The molecule has 25 heavy (non-hydrogen) atoms. The molecule has 7 nitrogen and oxygen atoms in total. The van der Waals surface area contributed by atoms with E-state index in [0.29, 0.717) is 25.2 Å². The molecule has 2 heterocycles. The van der Waals surface area contributed by atoms with Crippen molar-refractivity contribution in [1.29, 1.82) is 0 Å². The number of ether oxygens (including phenoxy) is 1. The average molecular weight is 348 g/mol. The van der Waals surface area contributed by atoms with Gasteiger partial charge in [0.25, 0.3) is 0 Å². The van der Waals surface area contributed by atoms with E-state index in [1.807, 2.05) is 17.9 Å². The van der Waals surface area contributed by atoms with Gasteiger partial charge in [-0.05, 0) is 32.3 Å². The lowest BCUT2D eigenvalue weighted by molar-refractivity contribution is -0.136. The van der Waals surface area contributed by atoms with Crippen molar-refractivity contribution in [1.82, 2.24) is 19.8 Å². The molecule has 1 saturated heterocycles. The van der Waals surface area contributed by atoms with Crippen molar-refractivity contribution >= 4 is 11.8 Å². The number of amides is 2. The predicted molar refractivity (Wildman–Crippen MR) is 94.2 cm³/mol. The lowest BCUT2D eigenvalue weighted by Crippen LogP contribution is -2.41. The standard InChI is InChI=1S/C18H28N4O3/c1-13-19-15(7-8-17(23)21(2)3)10-16(20-13)14-6-5-9-22(11-14)18(24)12-25-4/h10,14H,5-9,11-12H2,1-4H3/t14-/m0/s1. The highest BCUT2D eigenvalue weighted by atomic mass is 16.5. The van der Waals surface area contributed by atoms with Crippen molar-refractivity contribution in [3.05, 3.63) is 23.3 Å². The van der Waals surface area contributed by atoms with E-state index < -0.39 is 0 Å². The Labute approximate surface area is 149 Å². The number of piperidine rings is 1. The molecule has 0 aromatic carbocycles. The molecular formula is C18H28N4O3. The molecule has 0 bridgehead atoms. The third kappa shape index (κ3) is 5.49. The van der Waals surface area contributed by atoms with Gasteiger partial charge >= 0.3 is 0 Å². The number of hydrogen-bond donors (Lipinski definition) is 0. The SMILES string of the molecule is COCC(=O)N1CCC[C@H](c2cc(CCC(=O)N(C)C)nc(C)n2)C1. The van der Waals surface area contributed by atoms with E-state index in [-0.39, 0.29) is 24.3 Å². The van der Waals surface area contributed by atoms with Crippen LogP contribution in [0.15, 0.2) is 6.07 Å². The Bertz CT molecular complexity index is 618. The van der Waals surface area contributed by atoms with E-state index in [1.54, 1.807) is 19.0 Å². The quantitative estimate of drug-likeness (QED) is 0.771. The van der Waals surface area contributed by atoms with Gasteiger partial charge in [0.2, 0.25) is 11.8 Å². The summed E-state index contributed by atoms with van der Waals surface area (Å²) in [5, 5.41) is 0. The highest BCUT2D eigenvalue weighted by Gasteiger charge is 2.26. The summed E-state index contributed by atoms with van der Waals surface area (Å²) >= 11 is 0. The molecule has 1 fully saturated rings. The minimum atomic E-state index is 0.0229. The van der Waals surface area contributed by atoms with Crippen LogP contribution < -0.4 is 0 Å². The zero-order valence-electron chi connectivity index (χ0n) is 15.6. The number of likely N-dealkylation sites (tertiary alicyclic amines) is 1. The van der Waals surface area contributed by atoms with Gasteiger partial charge in [-0.2, -0.15) is 0 Å². The van der Waals surface area contributed by atoms with Crippen LogP contribution in [0.4, 0.5) is 0 Å². The number of aryl methyl sites for hydroxylation is 2. The second-order valence-electron chi connectivity index (χ2n) is 6.73. The molecule has 0 unspecified atom stereocenters. The molecule has 0 radical (unpaired) electrons. The van der Waals surface area contributed by atoms with Crippen LogP contribution >= 0.6 is 0 Å². The molecule has 1 atom stereocenters. The summed E-state index contributed by atoms with van der Waals surface area (Å²) in [6.45, 7) is 3.42. The molecule has 1 aromatic rings. The summed E-state index contributed by atoms with van der Waals surface area (Å²) in [6, 6.07) is 1.99. The smallest absolute Gasteiger partial charge is 0.248 e. The molecular weight excluding hydrogens is 320 g/mol. The molecule has 2 rings (SSSR count). The molecule has 1 aliphatic heterocycles. The Morgan fingerprint density at radius 1 is 1.36 bits per heavy atom. The summed E-state index contributed by atoms with van der Waals surface area (Å²) in [4.78, 5) is 36.4. The summed E-state index contributed by atoms with van der Waals surface area (Å²) in [7, 11) is 5.05. The minimum absolute atomic E-state index is 0.0229. The van der Waals surface area contributed by atoms with Crippen molar-refractivity contribution in [2.75, 3.05) is 40.9 Å². The van der Waals surface area contributed by atoms with Gasteiger partial charge in [-0.3, -0.25) is 9.59 Å². The molecule has 0 N–H and O–H groups in total. The normalized spacial score (nSPS) is 17.4. The van der Waals surface area contributed by atoms with Gasteiger partial charge < -0.3 is 14.5 Å². The molecule has 138 valence electrons. The minimum Gasteiger partial charge on any atom is -0.375 e. The molecule has 2 amide bonds. The van der Waals surface area contributed by atoms with Crippen LogP contribution in [0.2, 0.25) is 0 Å². The summed E-state index contributed by atoms with van der Waals surface area (Å²) < 4.78 is 4.96. The first-order valence-electron chi connectivity index (χ1n) is 8.72. The zero-order chi connectivity index (χ0) is 18.4. The van der Waals surface area contributed by atoms with Crippen LogP contribution in [-0.2, 0) is 20.7 Å². The van der Waals surface area contributed by atoms with Crippen molar-refractivity contribution < 1.29 is 14.3 Å². The van der Waals surface area contributed by atoms with E-state index in [9.17, 15) is 9.59 Å². The Kier molecular flexibility index (Phi) is 6.87. The predicted octanol–water partition coefficient (Wildman–Crippen LogP) is 1.16. The first kappa shape index (κ1) is 19.3. The molecule has 0 saturated carbocycles. The van der Waals surface area contributed by atoms with Crippen LogP contribution in [0.25, 0.3) is 0 Å². The Balaban J connectivity index is 2.07. The number of rotatable bonds is 6. The Hall–Kier alpha value is -2.02. The lowest BCUT2D eigenvalue weighted by atomic mass is 9.93. The first-order valence-corrected chi connectivity index (χ1v) is 8.72. The number of carbonyl (C=O) groups excluding carboxylic acids is 2. The summed E-state index contributed by atoms with van der Waals surface area (Å²) in [6.07, 6.45) is 3.00. The summed E-state index contributed by atoms with van der Waals surface area (Å²) in [5.41, 5.74) is 1.85. The van der Waals surface area contributed by atoms with Crippen molar-refractivity contribution in [3.8, 4) is 0 Å². The zero-order valence-corrected chi connectivity index (χ0v) is 15.6. The van der Waals surface area contributed by atoms with Gasteiger partial charge in [0.15, 0.2) is 0 Å². The molecule has 0 spiro atoms. The fraction of sp³-hybridized carbons (Fsp3) is 0.667. The van der Waals surface area contributed by atoms with Crippen LogP contribution in [0.5, 0.6) is 0 Å². The fourth-order valence-corrected chi connectivity index (χ4v) is 3.11. The maximum absolute atomic E-state index is 12.1. The number of nitrogens with zero attached hydrogens (tertiary/aromatic N) is 4. The monoisotopic (exact) mass is 348 g/mol. The summed E-state index contributed by atoms with van der Waals surface area (Å²) in [5.74, 6) is 1.03. The highest BCUT2D eigenvalue weighted by molar-refractivity contribution is 5.77. The number of carbonyl (C=O) groups is 2. The van der Waals surface area contributed by atoms with Crippen molar-refractivity contribution in [3.63, 3.8) is 0 Å². The molecule has 0 aliphatic carbocycles. The van der Waals surface area contributed by atoms with Gasteiger partial charge in [-0.15, -0.1) is 0 Å². The van der Waals surface area contributed by atoms with Gasteiger partial charge in [0.1, 0.15) is 12.4 Å². The number of aromatic nitrogens is 2. The van der Waals surface area contributed by atoms with Gasteiger partial charge in [-0.25, -0.2) is 9.97 Å². The van der Waals surface area contributed by atoms with Gasteiger partial charge in [0.05, 0.1) is 0 Å². The van der Waals surface area contributed by atoms with Gasteiger partial charge in [-0.1, -0.05) is 0 Å². The van der Waals surface area contributed by atoms with Crippen LogP contribution in [0.3, 0.4) is 0 Å². The van der Waals surface area contributed by atoms with Crippen LogP contribution in [0, 0.1) is 6.92 Å². The average Bonchev–Trinajstić information content (AvgIpc) is 2.59. The van der Waals surface area contributed by atoms with Gasteiger partial charge in [0, 0.05) is 58.0 Å². The third-order valence-corrected chi connectivity index (χ3v) is 4.46. The van der Waals surface area contributed by atoms with E-state index >= 15 is 0 Å². The van der Waals surface area contributed by atoms with Crippen molar-refractivity contribution in [2.24, 2.45) is 0 Å². The topological polar surface area (TPSA) is 75.6 Å². The molecule has 1 aliphatic rings. The van der Waals surface area contributed by atoms with E-state index in [4.69, 9.17) is 4.74 Å². The maximum Gasteiger partial charge on any atom is 0.248 e. The van der Waals surface area contributed by atoms with Crippen LogP contribution in [0.1, 0.15) is 42.4 Å².